The third-order valence-electron chi connectivity index (χ3n) is 3.17. The molecule has 106 valence electrons. The predicted octanol–water partition coefficient (Wildman–Crippen LogP) is 2.50. The highest BCUT2D eigenvalue weighted by Crippen LogP contribution is 2.31. The van der Waals surface area contributed by atoms with E-state index in [1.807, 2.05) is 24.3 Å². The molecule has 1 unspecified atom stereocenters. The first-order valence-electron chi connectivity index (χ1n) is 6.31. The fourth-order valence-corrected chi connectivity index (χ4v) is 2.14. The molecule has 1 N–H and O–H groups in total. The van der Waals surface area contributed by atoms with Gasteiger partial charge in [-0.3, -0.25) is 4.79 Å². The lowest BCUT2D eigenvalue weighted by Crippen LogP contribution is -2.12. The zero-order valence-corrected chi connectivity index (χ0v) is 11.2. The second kappa shape index (κ2) is 5.24. The smallest absolute Gasteiger partial charge is 0.374 e. The monoisotopic (exact) mass is 284 g/mol. The first kappa shape index (κ1) is 13.1. The van der Waals surface area contributed by atoms with Crippen LogP contribution in [0.1, 0.15) is 22.0 Å². The summed E-state index contributed by atoms with van der Waals surface area (Å²) >= 11 is 0. The van der Waals surface area contributed by atoms with Crippen molar-refractivity contribution in [2.75, 3.05) is 12.4 Å². The maximum absolute atomic E-state index is 11.9. The number of hydrogen-bond donors (Lipinski definition) is 1. The van der Waals surface area contributed by atoms with Crippen LogP contribution >= 0.6 is 0 Å². The Morgan fingerprint density at radius 1 is 1.33 bits per heavy atom. The number of carbonyl (C=O) groups excluding carboxylic acids is 2. The number of nitrogens with zero attached hydrogens (tertiary/aromatic N) is 1. The third-order valence-corrected chi connectivity index (χ3v) is 3.17. The number of benzene rings is 1. The number of nitrogens with one attached hydrogen (secondary N) is 1. The van der Waals surface area contributed by atoms with E-state index in [1.165, 1.54) is 19.4 Å². The van der Waals surface area contributed by atoms with E-state index < -0.39 is 11.9 Å². The number of esters is 1. The third kappa shape index (κ3) is 2.43. The molecule has 1 atom stereocenters. The Morgan fingerprint density at radius 3 is 2.95 bits per heavy atom. The lowest BCUT2D eigenvalue weighted by atomic mass is 10.0. The van der Waals surface area contributed by atoms with Crippen LogP contribution in [0.3, 0.4) is 0 Å². The number of anilines is 1. The molecule has 2 aromatic rings. The molecule has 0 aliphatic carbocycles. The molecule has 3 rings (SSSR count). The van der Waals surface area contributed by atoms with E-state index in [2.05, 4.69) is 15.0 Å². The fraction of sp³-hybridized carbons (Fsp3) is 0.133. The molecule has 0 fully saturated rings. The zero-order valence-electron chi connectivity index (χ0n) is 11.2. The number of carbonyl (C=O) groups is 2. The van der Waals surface area contributed by atoms with E-state index in [1.54, 1.807) is 6.07 Å². The molecule has 1 aromatic heterocycles. The van der Waals surface area contributed by atoms with Crippen LogP contribution in [0.4, 0.5) is 11.6 Å². The number of furan rings is 1. The first-order valence-corrected chi connectivity index (χ1v) is 6.31. The quantitative estimate of drug-likeness (QED) is 0.693. The van der Waals surface area contributed by atoms with Crippen LogP contribution in [-0.4, -0.2) is 25.2 Å². The van der Waals surface area contributed by atoms with E-state index in [0.29, 0.717) is 0 Å². The number of hydrogen-bond acceptors (Lipinski definition) is 5. The van der Waals surface area contributed by atoms with Crippen LogP contribution in [0.15, 0.2) is 45.8 Å². The van der Waals surface area contributed by atoms with Crippen molar-refractivity contribution in [3.05, 3.63) is 47.7 Å². The highest BCUT2D eigenvalue weighted by atomic mass is 16.5. The second-order valence-electron chi connectivity index (χ2n) is 4.46. The zero-order chi connectivity index (χ0) is 14.8. The number of aliphatic imine (C=N–C) groups is 1. The SMILES string of the molecule is COC(=O)c1ccc(N=CC2C(=O)Nc3ccccc32)o1. The van der Waals surface area contributed by atoms with Gasteiger partial charge in [-0.05, 0) is 17.7 Å². The van der Waals surface area contributed by atoms with Crippen LogP contribution in [0.2, 0.25) is 0 Å². The maximum atomic E-state index is 11.9. The Hall–Kier alpha value is -2.89. The molecular formula is C15H12N2O4. The van der Waals surface area contributed by atoms with Gasteiger partial charge in [0, 0.05) is 18.0 Å². The van der Waals surface area contributed by atoms with Crippen LogP contribution in [0.25, 0.3) is 0 Å². The first-order chi connectivity index (χ1) is 10.2. The summed E-state index contributed by atoms with van der Waals surface area (Å²) in [5.74, 6) is -0.860. The molecule has 21 heavy (non-hydrogen) atoms. The van der Waals surface area contributed by atoms with E-state index in [4.69, 9.17) is 4.42 Å². The van der Waals surface area contributed by atoms with Crippen LogP contribution in [0, 0.1) is 0 Å². The summed E-state index contributed by atoms with van der Waals surface area (Å²) in [4.78, 5) is 27.3. The largest absolute Gasteiger partial charge is 0.463 e. The Bertz CT molecular complexity index is 733. The molecule has 0 radical (unpaired) electrons. The van der Waals surface area contributed by atoms with Gasteiger partial charge in [0.2, 0.25) is 17.6 Å². The van der Waals surface area contributed by atoms with E-state index in [0.717, 1.165) is 11.3 Å². The summed E-state index contributed by atoms with van der Waals surface area (Å²) < 4.78 is 9.76. The van der Waals surface area contributed by atoms with Gasteiger partial charge in [-0.15, -0.1) is 0 Å². The average Bonchev–Trinajstić information content (AvgIpc) is 3.08. The Labute approximate surface area is 120 Å². The summed E-state index contributed by atoms with van der Waals surface area (Å²) in [6, 6.07) is 10.4. The maximum Gasteiger partial charge on any atom is 0.374 e. The molecule has 2 heterocycles. The van der Waals surface area contributed by atoms with Gasteiger partial charge in [0.05, 0.1) is 7.11 Å². The summed E-state index contributed by atoms with van der Waals surface area (Å²) in [5, 5.41) is 2.78. The standard InChI is InChI=1S/C15H12N2O4/c1-20-15(19)12-6-7-13(21-12)16-8-10-9-4-2-3-5-11(9)17-14(10)18/h2-8,10H,1H3,(H,17,18). The highest BCUT2D eigenvalue weighted by Gasteiger charge is 2.28. The van der Waals surface area contributed by atoms with E-state index in [-0.39, 0.29) is 17.6 Å². The molecule has 0 saturated heterocycles. The molecule has 0 spiro atoms. The molecule has 1 amide bonds. The van der Waals surface area contributed by atoms with Crippen LogP contribution < -0.4 is 5.32 Å². The Balaban J connectivity index is 1.82. The second-order valence-corrected chi connectivity index (χ2v) is 4.46. The van der Waals surface area contributed by atoms with Crippen LogP contribution in [0.5, 0.6) is 0 Å². The fourth-order valence-electron chi connectivity index (χ4n) is 2.14. The van der Waals surface area contributed by atoms with E-state index in [9.17, 15) is 9.59 Å². The molecule has 1 aliphatic heterocycles. The van der Waals surface area contributed by atoms with Crippen molar-refractivity contribution in [1.29, 1.82) is 0 Å². The lowest BCUT2D eigenvalue weighted by molar-refractivity contribution is -0.115. The van der Waals surface area contributed by atoms with Gasteiger partial charge in [0.1, 0.15) is 5.92 Å². The lowest BCUT2D eigenvalue weighted by Gasteiger charge is -2.00. The molecule has 1 aliphatic rings. The summed E-state index contributed by atoms with van der Waals surface area (Å²) in [6.07, 6.45) is 1.50. The van der Waals surface area contributed by atoms with Gasteiger partial charge in [-0.1, -0.05) is 18.2 Å². The number of fused-ring (bicyclic) bond motifs is 1. The topological polar surface area (TPSA) is 80.9 Å². The predicted molar refractivity (Wildman–Crippen MR) is 76.0 cm³/mol. The summed E-state index contributed by atoms with van der Waals surface area (Å²) in [5.41, 5.74) is 1.65. The molecule has 0 bridgehead atoms. The Morgan fingerprint density at radius 2 is 2.14 bits per heavy atom. The number of amides is 1. The summed E-state index contributed by atoms with van der Waals surface area (Å²) in [6.45, 7) is 0. The van der Waals surface area contributed by atoms with Gasteiger partial charge >= 0.3 is 5.97 Å². The summed E-state index contributed by atoms with van der Waals surface area (Å²) in [7, 11) is 1.27. The molecule has 6 heteroatoms. The van der Waals surface area contributed by atoms with Crippen molar-refractivity contribution >= 4 is 29.7 Å². The van der Waals surface area contributed by atoms with Crippen molar-refractivity contribution in [1.82, 2.24) is 0 Å². The number of para-hydroxylation sites is 1. The molecular weight excluding hydrogens is 272 g/mol. The van der Waals surface area contributed by atoms with Crippen LogP contribution in [-0.2, 0) is 9.53 Å². The highest BCUT2D eigenvalue weighted by molar-refractivity contribution is 6.12. The van der Waals surface area contributed by atoms with E-state index >= 15 is 0 Å². The average molecular weight is 284 g/mol. The van der Waals surface area contributed by atoms with Gasteiger partial charge in [-0.25, -0.2) is 9.79 Å². The molecule has 0 saturated carbocycles. The van der Waals surface area contributed by atoms with Gasteiger partial charge in [-0.2, -0.15) is 0 Å². The molecule has 6 nitrogen and oxygen atoms in total. The number of ether oxygens (including phenoxy) is 1. The van der Waals surface area contributed by atoms with Crippen molar-refractivity contribution in [2.24, 2.45) is 4.99 Å². The van der Waals surface area contributed by atoms with Gasteiger partial charge < -0.3 is 14.5 Å². The normalized spacial score (nSPS) is 16.8. The molecule has 1 aromatic carbocycles. The van der Waals surface area contributed by atoms with Gasteiger partial charge in [0.15, 0.2) is 0 Å². The number of rotatable bonds is 3. The minimum Gasteiger partial charge on any atom is -0.463 e. The minimum atomic E-state index is -0.569. The van der Waals surface area contributed by atoms with Gasteiger partial charge in [0.25, 0.3) is 0 Å². The minimum absolute atomic E-state index is 0.0703. The van der Waals surface area contributed by atoms with Crippen molar-refractivity contribution < 1.29 is 18.7 Å². The van der Waals surface area contributed by atoms with Crippen molar-refractivity contribution in [3.8, 4) is 0 Å². The number of methoxy groups -OCH3 is 1. The van der Waals surface area contributed by atoms with Crippen molar-refractivity contribution in [2.45, 2.75) is 5.92 Å². The Kier molecular flexibility index (Phi) is 3.27. The van der Waals surface area contributed by atoms with Crippen molar-refractivity contribution in [3.63, 3.8) is 0 Å².